The average molecular weight is 330 g/mol. The number of thiophene rings is 1. The van der Waals surface area contributed by atoms with E-state index in [4.69, 9.17) is 27.9 Å². The molecule has 2 aromatic rings. The largest absolute Gasteiger partial charge is 0.496 e. The Balaban J connectivity index is 2.26. The van der Waals surface area contributed by atoms with Crippen molar-refractivity contribution in [1.82, 2.24) is 5.32 Å². The molecule has 0 bridgehead atoms. The number of nitrogens with one attached hydrogen (secondary N) is 1. The number of rotatable bonds is 6. The molecule has 0 spiro atoms. The van der Waals surface area contributed by atoms with Gasteiger partial charge in [-0.3, -0.25) is 0 Å². The van der Waals surface area contributed by atoms with Gasteiger partial charge in [0.05, 0.1) is 11.4 Å². The van der Waals surface area contributed by atoms with Gasteiger partial charge in [-0.15, -0.1) is 11.3 Å². The Hall–Kier alpha value is -0.740. The van der Waals surface area contributed by atoms with Gasteiger partial charge < -0.3 is 10.1 Å². The van der Waals surface area contributed by atoms with Crippen LogP contribution < -0.4 is 10.1 Å². The number of likely N-dealkylation sites (N-methyl/N-ethyl adjacent to an activating group) is 1. The Morgan fingerprint density at radius 2 is 2.05 bits per heavy atom. The maximum absolute atomic E-state index is 6.09. The van der Waals surface area contributed by atoms with Gasteiger partial charge in [0, 0.05) is 15.9 Å². The van der Waals surface area contributed by atoms with Crippen LogP contribution in [0.15, 0.2) is 30.3 Å². The molecule has 2 rings (SSSR count). The summed E-state index contributed by atoms with van der Waals surface area (Å²) in [4.78, 5) is 1.22. The molecule has 0 aliphatic heterocycles. The molecule has 2 nitrogen and oxygen atoms in total. The molecule has 0 saturated carbocycles. The molecule has 1 atom stereocenters. The van der Waals surface area contributed by atoms with Gasteiger partial charge in [0.2, 0.25) is 0 Å². The van der Waals surface area contributed by atoms with Crippen LogP contribution >= 0.6 is 34.5 Å². The second kappa shape index (κ2) is 7.32. The van der Waals surface area contributed by atoms with Gasteiger partial charge in [0.25, 0.3) is 0 Å². The van der Waals surface area contributed by atoms with Gasteiger partial charge in [-0.2, -0.15) is 0 Å². The lowest BCUT2D eigenvalue weighted by Crippen LogP contribution is -2.22. The van der Waals surface area contributed by atoms with Gasteiger partial charge in [-0.05, 0) is 48.9 Å². The summed E-state index contributed by atoms with van der Waals surface area (Å²) >= 11 is 13.7. The first-order valence-electron chi connectivity index (χ1n) is 6.45. The lowest BCUT2D eigenvalue weighted by atomic mass is 10.0. The number of hydrogen-bond donors (Lipinski definition) is 1. The fourth-order valence-corrected chi connectivity index (χ4v) is 3.49. The molecule has 20 heavy (non-hydrogen) atoms. The average Bonchev–Trinajstić information content (AvgIpc) is 2.85. The highest BCUT2D eigenvalue weighted by Crippen LogP contribution is 2.32. The summed E-state index contributed by atoms with van der Waals surface area (Å²) in [6.45, 7) is 2.99. The zero-order chi connectivity index (χ0) is 14.5. The summed E-state index contributed by atoms with van der Waals surface area (Å²) < 4.78 is 6.22. The third kappa shape index (κ3) is 3.89. The van der Waals surface area contributed by atoms with Gasteiger partial charge in [-0.25, -0.2) is 0 Å². The van der Waals surface area contributed by atoms with Gasteiger partial charge in [0.15, 0.2) is 0 Å². The quantitative estimate of drug-likeness (QED) is 0.808. The summed E-state index contributed by atoms with van der Waals surface area (Å²) in [6, 6.07) is 9.92. The van der Waals surface area contributed by atoms with E-state index in [0.717, 1.165) is 33.6 Å². The molecule has 0 fully saturated rings. The molecule has 1 aromatic carbocycles. The molecule has 0 saturated heterocycles. The molecular weight excluding hydrogens is 313 g/mol. The molecule has 0 amide bonds. The molecule has 1 unspecified atom stereocenters. The maximum atomic E-state index is 6.09. The second-order valence-corrected chi connectivity index (χ2v) is 6.60. The number of benzene rings is 1. The van der Waals surface area contributed by atoms with Crippen LogP contribution in [0, 0.1) is 0 Å². The summed E-state index contributed by atoms with van der Waals surface area (Å²) in [7, 11) is 1.68. The highest BCUT2D eigenvalue weighted by atomic mass is 35.5. The van der Waals surface area contributed by atoms with E-state index in [1.54, 1.807) is 18.4 Å². The fraction of sp³-hybridized carbons (Fsp3) is 0.333. The summed E-state index contributed by atoms with van der Waals surface area (Å²) in [5, 5.41) is 4.21. The van der Waals surface area contributed by atoms with Crippen LogP contribution in [-0.4, -0.2) is 13.7 Å². The minimum Gasteiger partial charge on any atom is -0.496 e. The van der Waals surface area contributed by atoms with Crippen molar-refractivity contribution in [1.29, 1.82) is 0 Å². The van der Waals surface area contributed by atoms with Crippen molar-refractivity contribution in [3.05, 3.63) is 50.1 Å². The van der Waals surface area contributed by atoms with Crippen LogP contribution in [0.4, 0.5) is 0 Å². The maximum Gasteiger partial charge on any atom is 0.122 e. The molecule has 1 heterocycles. The predicted molar refractivity (Wildman–Crippen MR) is 87.5 cm³/mol. The van der Waals surface area contributed by atoms with Crippen molar-refractivity contribution in [3.63, 3.8) is 0 Å². The predicted octanol–water partition coefficient (Wildman–Crippen LogP) is 4.96. The highest BCUT2D eigenvalue weighted by Gasteiger charge is 2.16. The second-order valence-electron chi connectivity index (χ2n) is 4.41. The van der Waals surface area contributed by atoms with Crippen molar-refractivity contribution in [3.8, 4) is 5.75 Å². The summed E-state index contributed by atoms with van der Waals surface area (Å²) in [6.07, 6.45) is 0.814. The van der Waals surface area contributed by atoms with E-state index in [-0.39, 0.29) is 6.04 Å². The van der Waals surface area contributed by atoms with E-state index >= 15 is 0 Å². The van der Waals surface area contributed by atoms with Gasteiger partial charge >= 0.3 is 0 Å². The van der Waals surface area contributed by atoms with Crippen LogP contribution in [0.3, 0.4) is 0 Å². The topological polar surface area (TPSA) is 21.3 Å². The van der Waals surface area contributed by atoms with Gasteiger partial charge in [-0.1, -0.05) is 30.1 Å². The third-order valence-corrected chi connectivity index (χ3v) is 4.63. The van der Waals surface area contributed by atoms with Crippen molar-refractivity contribution in [2.75, 3.05) is 13.7 Å². The van der Waals surface area contributed by atoms with Crippen molar-refractivity contribution in [2.24, 2.45) is 0 Å². The first-order chi connectivity index (χ1) is 9.63. The smallest absolute Gasteiger partial charge is 0.122 e. The fourth-order valence-electron chi connectivity index (χ4n) is 2.16. The number of hydrogen-bond acceptors (Lipinski definition) is 3. The number of methoxy groups -OCH3 is 1. The van der Waals surface area contributed by atoms with Crippen LogP contribution in [0.1, 0.15) is 23.4 Å². The van der Waals surface area contributed by atoms with E-state index < -0.39 is 0 Å². The first kappa shape index (κ1) is 15.6. The van der Waals surface area contributed by atoms with E-state index in [0.29, 0.717) is 0 Å². The Morgan fingerprint density at radius 3 is 2.65 bits per heavy atom. The van der Waals surface area contributed by atoms with E-state index in [1.165, 1.54) is 4.88 Å². The van der Waals surface area contributed by atoms with Crippen LogP contribution in [0.2, 0.25) is 9.36 Å². The Morgan fingerprint density at radius 1 is 1.25 bits per heavy atom. The zero-order valence-corrected chi connectivity index (χ0v) is 13.8. The van der Waals surface area contributed by atoms with Crippen molar-refractivity contribution < 1.29 is 4.74 Å². The Labute approximate surface area is 133 Å². The lowest BCUT2D eigenvalue weighted by molar-refractivity contribution is 0.406. The molecule has 0 aliphatic rings. The Kier molecular flexibility index (Phi) is 5.73. The van der Waals surface area contributed by atoms with E-state index in [2.05, 4.69) is 18.3 Å². The summed E-state index contributed by atoms with van der Waals surface area (Å²) in [5.41, 5.74) is 1.09. The molecule has 1 aromatic heterocycles. The first-order valence-corrected chi connectivity index (χ1v) is 8.02. The van der Waals surface area contributed by atoms with Crippen molar-refractivity contribution >= 4 is 34.5 Å². The monoisotopic (exact) mass is 329 g/mol. The molecule has 0 aliphatic carbocycles. The van der Waals surface area contributed by atoms with Crippen LogP contribution in [-0.2, 0) is 6.42 Å². The molecule has 0 radical (unpaired) electrons. The van der Waals surface area contributed by atoms with Crippen LogP contribution in [0.5, 0.6) is 5.75 Å². The third-order valence-electron chi connectivity index (χ3n) is 3.05. The minimum atomic E-state index is 0.213. The zero-order valence-electron chi connectivity index (χ0n) is 11.5. The standard InChI is InChI=1S/C15H17Cl2NOS/c1-3-18-12(14-6-7-15(17)20-14)9-10-8-11(16)4-5-13(10)19-2/h4-8,12,18H,3,9H2,1-2H3. The van der Waals surface area contributed by atoms with E-state index in [1.807, 2.05) is 24.3 Å². The number of halogens is 2. The highest BCUT2D eigenvalue weighted by molar-refractivity contribution is 7.16. The summed E-state index contributed by atoms with van der Waals surface area (Å²) in [5.74, 6) is 0.861. The Bertz CT molecular complexity index is 571. The molecule has 1 N–H and O–H groups in total. The normalized spacial score (nSPS) is 12.4. The molecular formula is C15H17Cl2NOS. The van der Waals surface area contributed by atoms with Crippen LogP contribution in [0.25, 0.3) is 0 Å². The van der Waals surface area contributed by atoms with Crippen molar-refractivity contribution in [2.45, 2.75) is 19.4 Å². The number of ether oxygens (including phenoxy) is 1. The van der Waals surface area contributed by atoms with Gasteiger partial charge in [0.1, 0.15) is 5.75 Å². The van der Waals surface area contributed by atoms with E-state index in [9.17, 15) is 0 Å². The SMILES string of the molecule is CCNC(Cc1cc(Cl)ccc1OC)c1ccc(Cl)s1. The minimum absolute atomic E-state index is 0.213. The molecule has 5 heteroatoms. The lowest BCUT2D eigenvalue weighted by Gasteiger charge is -2.18. The molecule has 108 valence electrons.